The maximum atomic E-state index is 6.02. The van der Waals surface area contributed by atoms with Crippen LogP contribution in [0.1, 0.15) is 23.8 Å². The lowest BCUT2D eigenvalue weighted by Crippen LogP contribution is -2.30. The fraction of sp³-hybridized carbons (Fsp3) is 0.600. The Kier molecular flexibility index (Phi) is 3.00. The van der Waals surface area contributed by atoms with Crippen molar-refractivity contribution in [1.29, 1.82) is 0 Å². The summed E-state index contributed by atoms with van der Waals surface area (Å²) in [7, 11) is 0. The quantitative estimate of drug-likeness (QED) is 0.847. The lowest BCUT2D eigenvalue weighted by Gasteiger charge is -2.26. The smallest absolute Gasteiger partial charge is 0.116 e. The van der Waals surface area contributed by atoms with E-state index in [0.717, 1.165) is 29.5 Å². The normalized spacial score (nSPS) is 17.0. The van der Waals surface area contributed by atoms with Crippen LogP contribution in [0.15, 0.2) is 0 Å². The fourth-order valence-corrected chi connectivity index (χ4v) is 3.38. The van der Waals surface area contributed by atoms with Crippen molar-refractivity contribution in [1.82, 2.24) is 4.90 Å². The van der Waals surface area contributed by atoms with Gasteiger partial charge in [-0.1, -0.05) is 18.5 Å². The van der Waals surface area contributed by atoms with Crippen molar-refractivity contribution in [3.8, 4) is 0 Å². The SMILES string of the molecule is CCCN1CCc2c(sc(Cl)c2N)C1. The summed E-state index contributed by atoms with van der Waals surface area (Å²) in [6.07, 6.45) is 2.27. The van der Waals surface area contributed by atoms with Crippen LogP contribution in [0.4, 0.5) is 5.69 Å². The zero-order chi connectivity index (χ0) is 10.1. The topological polar surface area (TPSA) is 29.3 Å². The van der Waals surface area contributed by atoms with E-state index in [1.807, 2.05) is 0 Å². The van der Waals surface area contributed by atoms with Gasteiger partial charge in [0.15, 0.2) is 0 Å². The Bertz CT molecular complexity index is 335. The maximum Gasteiger partial charge on any atom is 0.116 e. The van der Waals surface area contributed by atoms with E-state index in [1.165, 1.54) is 23.4 Å². The molecule has 2 heterocycles. The van der Waals surface area contributed by atoms with Gasteiger partial charge in [0.2, 0.25) is 0 Å². The first kappa shape index (κ1) is 10.3. The average Bonchev–Trinajstić information content (AvgIpc) is 2.43. The second-order valence-electron chi connectivity index (χ2n) is 3.72. The lowest BCUT2D eigenvalue weighted by molar-refractivity contribution is 0.258. The molecular weight excluding hydrogens is 216 g/mol. The Balaban J connectivity index is 2.19. The van der Waals surface area contributed by atoms with Gasteiger partial charge in [0.05, 0.1) is 5.69 Å². The van der Waals surface area contributed by atoms with Crippen molar-refractivity contribution >= 4 is 28.6 Å². The molecule has 0 atom stereocenters. The molecule has 1 aromatic rings. The molecule has 0 aliphatic carbocycles. The van der Waals surface area contributed by atoms with Crippen molar-refractivity contribution in [3.63, 3.8) is 0 Å². The number of nitrogen functional groups attached to an aromatic ring is 1. The van der Waals surface area contributed by atoms with Gasteiger partial charge in [-0.15, -0.1) is 11.3 Å². The Labute approximate surface area is 93.7 Å². The number of fused-ring (bicyclic) bond motifs is 1. The third-order valence-corrected chi connectivity index (χ3v) is 4.13. The van der Waals surface area contributed by atoms with Crippen LogP contribution < -0.4 is 5.73 Å². The summed E-state index contributed by atoms with van der Waals surface area (Å²) in [5.41, 5.74) is 8.02. The van der Waals surface area contributed by atoms with Crippen molar-refractivity contribution in [2.75, 3.05) is 18.8 Å². The number of nitrogens with two attached hydrogens (primary N) is 1. The fourth-order valence-electron chi connectivity index (χ4n) is 1.95. The molecule has 0 fully saturated rings. The van der Waals surface area contributed by atoms with Gasteiger partial charge in [0, 0.05) is 18.0 Å². The number of anilines is 1. The second kappa shape index (κ2) is 4.09. The monoisotopic (exact) mass is 230 g/mol. The van der Waals surface area contributed by atoms with Gasteiger partial charge in [0.1, 0.15) is 4.34 Å². The minimum absolute atomic E-state index is 0.772. The van der Waals surface area contributed by atoms with Crippen LogP contribution in [0.25, 0.3) is 0 Å². The Morgan fingerprint density at radius 3 is 3.07 bits per heavy atom. The molecule has 0 saturated carbocycles. The van der Waals surface area contributed by atoms with Crippen LogP contribution in [-0.2, 0) is 13.0 Å². The molecule has 0 radical (unpaired) electrons. The Hall–Kier alpha value is -0.250. The van der Waals surface area contributed by atoms with E-state index < -0.39 is 0 Å². The minimum atomic E-state index is 0.772. The predicted octanol–water partition coefficient (Wildman–Crippen LogP) is 2.75. The number of halogens is 1. The molecule has 2 N–H and O–H groups in total. The number of hydrogen-bond acceptors (Lipinski definition) is 3. The van der Waals surface area contributed by atoms with Crippen LogP contribution in [0, 0.1) is 0 Å². The van der Waals surface area contributed by atoms with Crippen LogP contribution in [0.5, 0.6) is 0 Å². The summed E-state index contributed by atoms with van der Waals surface area (Å²) in [6, 6.07) is 0. The largest absolute Gasteiger partial charge is 0.397 e. The molecule has 14 heavy (non-hydrogen) atoms. The van der Waals surface area contributed by atoms with Gasteiger partial charge in [-0.2, -0.15) is 0 Å². The highest BCUT2D eigenvalue weighted by Crippen LogP contribution is 2.38. The van der Waals surface area contributed by atoms with E-state index >= 15 is 0 Å². The van der Waals surface area contributed by atoms with Gasteiger partial charge in [0.25, 0.3) is 0 Å². The first-order chi connectivity index (χ1) is 6.72. The van der Waals surface area contributed by atoms with Crippen molar-refractivity contribution < 1.29 is 0 Å². The minimum Gasteiger partial charge on any atom is -0.397 e. The molecule has 2 rings (SSSR count). The highest BCUT2D eigenvalue weighted by molar-refractivity contribution is 7.17. The van der Waals surface area contributed by atoms with Gasteiger partial charge < -0.3 is 5.73 Å². The van der Waals surface area contributed by atoms with E-state index in [9.17, 15) is 0 Å². The molecule has 2 nitrogen and oxygen atoms in total. The standard InChI is InChI=1S/C10H15ClN2S/c1-2-4-13-5-3-7-8(6-13)14-10(11)9(7)12/h2-6,12H2,1H3. The zero-order valence-electron chi connectivity index (χ0n) is 8.35. The molecule has 1 aromatic heterocycles. The first-order valence-corrected chi connectivity index (χ1v) is 6.19. The highest BCUT2D eigenvalue weighted by Gasteiger charge is 2.21. The molecule has 0 bridgehead atoms. The van der Waals surface area contributed by atoms with E-state index in [0.29, 0.717) is 0 Å². The van der Waals surface area contributed by atoms with Gasteiger partial charge >= 0.3 is 0 Å². The summed E-state index contributed by atoms with van der Waals surface area (Å²) < 4.78 is 0.772. The highest BCUT2D eigenvalue weighted by atomic mass is 35.5. The van der Waals surface area contributed by atoms with E-state index in [-0.39, 0.29) is 0 Å². The number of thiophene rings is 1. The number of hydrogen-bond donors (Lipinski definition) is 1. The molecular formula is C10H15ClN2S. The first-order valence-electron chi connectivity index (χ1n) is 5.00. The summed E-state index contributed by atoms with van der Waals surface area (Å²) in [5.74, 6) is 0. The predicted molar refractivity (Wildman–Crippen MR) is 63.0 cm³/mol. The van der Waals surface area contributed by atoms with E-state index in [2.05, 4.69) is 11.8 Å². The molecule has 1 aliphatic rings. The lowest BCUT2D eigenvalue weighted by atomic mass is 10.1. The van der Waals surface area contributed by atoms with Crippen LogP contribution in [0.2, 0.25) is 4.34 Å². The Morgan fingerprint density at radius 2 is 2.36 bits per heavy atom. The Morgan fingerprint density at radius 1 is 1.57 bits per heavy atom. The van der Waals surface area contributed by atoms with E-state index in [1.54, 1.807) is 11.3 Å². The molecule has 0 amide bonds. The van der Waals surface area contributed by atoms with Crippen LogP contribution >= 0.6 is 22.9 Å². The van der Waals surface area contributed by atoms with Crippen LogP contribution in [-0.4, -0.2) is 18.0 Å². The van der Waals surface area contributed by atoms with Gasteiger partial charge in [-0.05, 0) is 24.9 Å². The third kappa shape index (κ3) is 1.76. The summed E-state index contributed by atoms with van der Waals surface area (Å²) in [6.45, 7) is 5.54. The van der Waals surface area contributed by atoms with Gasteiger partial charge in [-0.25, -0.2) is 0 Å². The van der Waals surface area contributed by atoms with Crippen molar-refractivity contribution in [2.24, 2.45) is 0 Å². The third-order valence-electron chi connectivity index (χ3n) is 2.67. The molecule has 0 unspecified atom stereocenters. The second-order valence-corrected chi connectivity index (χ2v) is 5.42. The number of nitrogens with zero attached hydrogens (tertiary/aromatic N) is 1. The summed E-state index contributed by atoms with van der Waals surface area (Å²) in [5, 5.41) is 0. The average molecular weight is 231 g/mol. The summed E-state index contributed by atoms with van der Waals surface area (Å²) in [4.78, 5) is 3.83. The van der Waals surface area contributed by atoms with Gasteiger partial charge in [-0.3, -0.25) is 4.90 Å². The number of rotatable bonds is 2. The molecule has 0 spiro atoms. The molecule has 1 aliphatic heterocycles. The molecule has 0 aromatic carbocycles. The molecule has 4 heteroatoms. The zero-order valence-corrected chi connectivity index (χ0v) is 9.92. The van der Waals surface area contributed by atoms with Crippen molar-refractivity contribution in [3.05, 3.63) is 14.8 Å². The van der Waals surface area contributed by atoms with Crippen LogP contribution in [0.3, 0.4) is 0 Å². The molecule has 78 valence electrons. The van der Waals surface area contributed by atoms with E-state index in [4.69, 9.17) is 17.3 Å². The summed E-state index contributed by atoms with van der Waals surface area (Å²) >= 11 is 7.66. The van der Waals surface area contributed by atoms with Crippen molar-refractivity contribution in [2.45, 2.75) is 26.3 Å². The molecule has 0 saturated heterocycles. The maximum absolute atomic E-state index is 6.02.